The first-order valence-electron chi connectivity index (χ1n) is 6.60. The van der Waals surface area contributed by atoms with Gasteiger partial charge in [-0.3, -0.25) is 0 Å². The van der Waals surface area contributed by atoms with E-state index in [1.807, 2.05) is 13.8 Å². The van der Waals surface area contributed by atoms with Gasteiger partial charge in [-0.2, -0.15) is 0 Å². The summed E-state index contributed by atoms with van der Waals surface area (Å²) in [5.74, 6) is -2.67. The third kappa shape index (κ3) is 4.23. The van der Waals surface area contributed by atoms with Gasteiger partial charge in [-0.1, -0.05) is 19.9 Å². The molecule has 0 amide bonds. The molecule has 1 N–H and O–H groups in total. The summed E-state index contributed by atoms with van der Waals surface area (Å²) in [7, 11) is 0. The summed E-state index contributed by atoms with van der Waals surface area (Å²) in [6.45, 7) is 4.23. The molecule has 0 radical (unpaired) electrons. The summed E-state index contributed by atoms with van der Waals surface area (Å²) in [5, 5.41) is 3.07. The molecule has 0 aromatic heterocycles. The van der Waals surface area contributed by atoms with Gasteiger partial charge in [0.2, 0.25) is 0 Å². The van der Waals surface area contributed by atoms with Crippen molar-refractivity contribution >= 4 is 0 Å². The number of ether oxygens (including phenoxy) is 1. The molecule has 21 heavy (non-hydrogen) atoms. The molecule has 0 aliphatic heterocycles. The van der Waals surface area contributed by atoms with Crippen molar-refractivity contribution < 1.29 is 17.9 Å². The fourth-order valence-electron chi connectivity index (χ4n) is 1.78. The number of benzene rings is 2. The van der Waals surface area contributed by atoms with Crippen LogP contribution in [0.15, 0.2) is 36.4 Å². The van der Waals surface area contributed by atoms with Crippen LogP contribution in [0.1, 0.15) is 19.4 Å². The predicted molar refractivity (Wildman–Crippen MR) is 74.8 cm³/mol. The van der Waals surface area contributed by atoms with Crippen LogP contribution in [0.4, 0.5) is 13.2 Å². The fraction of sp³-hybridized carbons (Fsp3) is 0.250. The summed E-state index contributed by atoms with van der Waals surface area (Å²) in [6, 6.07) is 7.73. The maximum absolute atomic E-state index is 13.9. The van der Waals surface area contributed by atoms with Gasteiger partial charge in [-0.25, -0.2) is 13.2 Å². The fourth-order valence-corrected chi connectivity index (χ4v) is 1.78. The maximum atomic E-state index is 13.9. The lowest BCUT2D eigenvalue weighted by molar-refractivity contribution is 0.403. The van der Waals surface area contributed by atoms with Crippen LogP contribution in [0.2, 0.25) is 0 Å². The number of halogens is 3. The monoisotopic (exact) mass is 295 g/mol. The van der Waals surface area contributed by atoms with Gasteiger partial charge >= 0.3 is 0 Å². The Balaban J connectivity index is 2.21. The lowest BCUT2D eigenvalue weighted by Crippen LogP contribution is -2.22. The van der Waals surface area contributed by atoms with E-state index in [-0.39, 0.29) is 11.8 Å². The first-order valence-corrected chi connectivity index (χ1v) is 6.60. The van der Waals surface area contributed by atoms with Gasteiger partial charge < -0.3 is 10.1 Å². The highest BCUT2D eigenvalue weighted by Crippen LogP contribution is 2.29. The van der Waals surface area contributed by atoms with Crippen LogP contribution < -0.4 is 10.1 Å². The molecule has 2 aromatic rings. The largest absolute Gasteiger partial charge is 0.451 e. The van der Waals surface area contributed by atoms with Crippen molar-refractivity contribution in [2.24, 2.45) is 0 Å². The molecule has 0 heterocycles. The van der Waals surface area contributed by atoms with Crippen molar-refractivity contribution in [1.29, 1.82) is 0 Å². The first-order chi connectivity index (χ1) is 9.95. The van der Waals surface area contributed by atoms with Crippen LogP contribution in [0, 0.1) is 17.5 Å². The van der Waals surface area contributed by atoms with Crippen molar-refractivity contribution in [3.63, 3.8) is 0 Å². The summed E-state index contributed by atoms with van der Waals surface area (Å²) >= 11 is 0. The molecule has 0 fully saturated rings. The van der Waals surface area contributed by atoms with E-state index in [0.717, 1.165) is 6.07 Å². The molecule has 0 atom stereocenters. The van der Waals surface area contributed by atoms with E-state index in [1.54, 1.807) is 0 Å². The Hall–Kier alpha value is -2.01. The average Bonchev–Trinajstić information content (AvgIpc) is 2.40. The second kappa shape index (κ2) is 6.63. The summed E-state index contributed by atoms with van der Waals surface area (Å²) in [4.78, 5) is 0. The Morgan fingerprint density at radius 1 is 1.05 bits per heavy atom. The van der Waals surface area contributed by atoms with Crippen LogP contribution >= 0.6 is 0 Å². The lowest BCUT2D eigenvalue weighted by Gasteiger charge is -2.12. The van der Waals surface area contributed by atoms with Gasteiger partial charge in [0.25, 0.3) is 0 Å². The minimum atomic E-state index is -0.820. The molecule has 0 saturated heterocycles. The zero-order valence-corrected chi connectivity index (χ0v) is 11.8. The molecule has 0 saturated carbocycles. The molecule has 5 heteroatoms. The third-order valence-corrected chi connectivity index (χ3v) is 2.79. The zero-order valence-electron chi connectivity index (χ0n) is 11.8. The van der Waals surface area contributed by atoms with Crippen LogP contribution in [-0.2, 0) is 6.54 Å². The molecule has 2 rings (SSSR count). The standard InChI is InChI=1S/C16H16F3NO/c1-10(2)20-9-11-6-14(18)16(15(19)7-11)21-13-5-3-4-12(17)8-13/h3-8,10,20H,9H2,1-2H3. The Morgan fingerprint density at radius 2 is 1.71 bits per heavy atom. The third-order valence-electron chi connectivity index (χ3n) is 2.79. The van der Waals surface area contributed by atoms with Crippen molar-refractivity contribution in [2.75, 3.05) is 0 Å². The first kappa shape index (κ1) is 15.4. The van der Waals surface area contributed by atoms with Crippen LogP contribution in [-0.4, -0.2) is 6.04 Å². The molecule has 0 spiro atoms. The molecular weight excluding hydrogens is 279 g/mol. The highest BCUT2D eigenvalue weighted by atomic mass is 19.1. The Morgan fingerprint density at radius 3 is 2.29 bits per heavy atom. The van der Waals surface area contributed by atoms with Crippen LogP contribution in [0.25, 0.3) is 0 Å². The van der Waals surface area contributed by atoms with Gasteiger partial charge in [-0.05, 0) is 29.8 Å². The Kier molecular flexibility index (Phi) is 4.85. The highest BCUT2D eigenvalue weighted by Gasteiger charge is 2.14. The number of rotatable bonds is 5. The summed E-state index contributed by atoms with van der Waals surface area (Å²) in [5.41, 5.74) is 0.477. The smallest absolute Gasteiger partial charge is 0.198 e. The van der Waals surface area contributed by atoms with E-state index in [4.69, 9.17) is 4.74 Å². The maximum Gasteiger partial charge on any atom is 0.198 e. The van der Waals surface area contributed by atoms with E-state index in [0.29, 0.717) is 12.1 Å². The minimum Gasteiger partial charge on any atom is -0.451 e. The average molecular weight is 295 g/mol. The molecule has 0 bridgehead atoms. The quantitative estimate of drug-likeness (QED) is 0.883. The van der Waals surface area contributed by atoms with Gasteiger partial charge in [-0.15, -0.1) is 0 Å². The van der Waals surface area contributed by atoms with Gasteiger partial charge in [0.1, 0.15) is 11.6 Å². The minimum absolute atomic E-state index is 0.0425. The van der Waals surface area contributed by atoms with E-state index in [1.165, 1.54) is 30.3 Å². The van der Waals surface area contributed by atoms with E-state index >= 15 is 0 Å². The van der Waals surface area contributed by atoms with Gasteiger partial charge in [0.15, 0.2) is 17.4 Å². The molecule has 0 aliphatic carbocycles. The normalized spacial score (nSPS) is 11.0. The molecule has 0 unspecified atom stereocenters. The lowest BCUT2D eigenvalue weighted by atomic mass is 10.2. The van der Waals surface area contributed by atoms with Crippen molar-refractivity contribution in [2.45, 2.75) is 26.4 Å². The SMILES string of the molecule is CC(C)NCc1cc(F)c(Oc2cccc(F)c2)c(F)c1. The van der Waals surface area contributed by atoms with E-state index in [9.17, 15) is 13.2 Å². The predicted octanol–water partition coefficient (Wildman–Crippen LogP) is 4.39. The molecule has 2 nitrogen and oxygen atoms in total. The van der Waals surface area contributed by atoms with Gasteiger partial charge in [0.05, 0.1) is 0 Å². The summed E-state index contributed by atoms with van der Waals surface area (Å²) < 4.78 is 46.0. The number of nitrogens with one attached hydrogen (secondary N) is 1. The molecular formula is C16H16F3NO. The molecule has 2 aromatic carbocycles. The van der Waals surface area contributed by atoms with Crippen LogP contribution in [0.3, 0.4) is 0 Å². The number of hydrogen-bond donors (Lipinski definition) is 1. The zero-order chi connectivity index (χ0) is 15.4. The van der Waals surface area contributed by atoms with Crippen LogP contribution in [0.5, 0.6) is 11.5 Å². The Labute approximate surface area is 121 Å². The summed E-state index contributed by atoms with van der Waals surface area (Å²) in [6.07, 6.45) is 0. The van der Waals surface area contributed by atoms with Crippen molar-refractivity contribution in [3.8, 4) is 11.5 Å². The van der Waals surface area contributed by atoms with Gasteiger partial charge in [0, 0.05) is 18.7 Å². The van der Waals surface area contributed by atoms with Crippen molar-refractivity contribution in [1.82, 2.24) is 5.32 Å². The van der Waals surface area contributed by atoms with E-state index in [2.05, 4.69) is 5.32 Å². The van der Waals surface area contributed by atoms with E-state index < -0.39 is 23.2 Å². The second-order valence-corrected chi connectivity index (χ2v) is 4.98. The molecule has 112 valence electrons. The molecule has 0 aliphatic rings. The number of hydrogen-bond acceptors (Lipinski definition) is 2. The highest BCUT2D eigenvalue weighted by molar-refractivity contribution is 5.36. The Bertz CT molecular complexity index is 606. The van der Waals surface area contributed by atoms with Crippen molar-refractivity contribution in [3.05, 3.63) is 59.4 Å². The topological polar surface area (TPSA) is 21.3 Å². The second-order valence-electron chi connectivity index (χ2n) is 4.98.